The Morgan fingerprint density at radius 1 is 1.28 bits per heavy atom. The summed E-state index contributed by atoms with van der Waals surface area (Å²) in [7, 11) is 0. The fourth-order valence-corrected chi connectivity index (χ4v) is 3.94. The van der Waals surface area contributed by atoms with Crippen LogP contribution < -0.4 is 10.2 Å². The van der Waals surface area contributed by atoms with Gasteiger partial charge in [0.1, 0.15) is 5.82 Å². The lowest BCUT2D eigenvalue weighted by Crippen LogP contribution is -2.52. The molecule has 4 rings (SSSR count). The number of rotatable bonds is 4. The number of hydrogen-bond acceptors (Lipinski definition) is 3. The number of hydrogen-bond donors (Lipinski definition) is 1. The van der Waals surface area contributed by atoms with Gasteiger partial charge in [-0.2, -0.15) is 0 Å². The van der Waals surface area contributed by atoms with Crippen molar-refractivity contribution in [3.63, 3.8) is 0 Å². The van der Waals surface area contributed by atoms with Crippen molar-refractivity contribution in [1.82, 2.24) is 10.3 Å². The molecule has 1 saturated heterocycles. The average molecular weight is 339 g/mol. The molecule has 0 radical (unpaired) electrons. The van der Waals surface area contributed by atoms with E-state index in [1.807, 2.05) is 24.4 Å². The molecule has 2 aliphatic rings. The third kappa shape index (κ3) is 2.99. The first-order valence-electron chi connectivity index (χ1n) is 8.89. The normalized spacial score (nSPS) is 21.6. The third-order valence-corrected chi connectivity index (χ3v) is 5.55. The molecule has 4 nitrogen and oxygen atoms in total. The van der Waals surface area contributed by atoms with Gasteiger partial charge in [-0.25, -0.2) is 4.39 Å². The highest BCUT2D eigenvalue weighted by Crippen LogP contribution is 2.44. The van der Waals surface area contributed by atoms with Gasteiger partial charge in [-0.3, -0.25) is 9.78 Å². The fourth-order valence-electron chi connectivity index (χ4n) is 3.94. The second-order valence-corrected chi connectivity index (χ2v) is 7.06. The Morgan fingerprint density at radius 3 is 2.84 bits per heavy atom. The monoisotopic (exact) mass is 339 g/mol. The quantitative estimate of drug-likeness (QED) is 0.931. The van der Waals surface area contributed by atoms with Crippen LogP contribution in [0.2, 0.25) is 0 Å². The van der Waals surface area contributed by atoms with Gasteiger partial charge in [0.2, 0.25) is 5.91 Å². The Morgan fingerprint density at radius 2 is 2.16 bits per heavy atom. The SMILES string of the molecule is O=C(N[C@H]1CCN(c2cccnc2)C1)C1(c2cccc(F)c2)CCC1. The molecular formula is C20H22FN3O. The zero-order valence-electron chi connectivity index (χ0n) is 14.1. The van der Waals surface area contributed by atoms with Crippen LogP contribution >= 0.6 is 0 Å². The van der Waals surface area contributed by atoms with Gasteiger partial charge in [0.25, 0.3) is 0 Å². The van der Waals surface area contributed by atoms with Crippen molar-refractivity contribution in [2.45, 2.75) is 37.1 Å². The van der Waals surface area contributed by atoms with E-state index in [4.69, 9.17) is 0 Å². The van der Waals surface area contributed by atoms with Crippen LogP contribution in [-0.2, 0) is 10.2 Å². The van der Waals surface area contributed by atoms with Crippen molar-refractivity contribution in [2.24, 2.45) is 0 Å². The number of carbonyl (C=O) groups is 1. The first kappa shape index (κ1) is 16.1. The molecule has 2 aromatic rings. The summed E-state index contributed by atoms with van der Waals surface area (Å²) in [5, 5.41) is 3.22. The molecule has 1 aliphatic heterocycles. The molecule has 25 heavy (non-hydrogen) atoms. The van der Waals surface area contributed by atoms with Gasteiger partial charge in [-0.1, -0.05) is 18.6 Å². The van der Waals surface area contributed by atoms with Crippen molar-refractivity contribution in [1.29, 1.82) is 0 Å². The number of nitrogens with one attached hydrogen (secondary N) is 1. The van der Waals surface area contributed by atoms with Crippen LogP contribution in [0.15, 0.2) is 48.8 Å². The van der Waals surface area contributed by atoms with Crippen molar-refractivity contribution in [3.8, 4) is 0 Å². The molecule has 0 spiro atoms. The van der Waals surface area contributed by atoms with Gasteiger partial charge in [-0.15, -0.1) is 0 Å². The van der Waals surface area contributed by atoms with Crippen molar-refractivity contribution in [2.75, 3.05) is 18.0 Å². The van der Waals surface area contributed by atoms with Crippen LogP contribution in [0.3, 0.4) is 0 Å². The van der Waals surface area contributed by atoms with Gasteiger partial charge in [0.15, 0.2) is 0 Å². The number of aromatic nitrogens is 1. The minimum atomic E-state index is -0.552. The van der Waals surface area contributed by atoms with Gasteiger partial charge in [0, 0.05) is 25.3 Å². The van der Waals surface area contributed by atoms with Crippen molar-refractivity contribution < 1.29 is 9.18 Å². The Hall–Kier alpha value is -2.43. The first-order valence-corrected chi connectivity index (χ1v) is 8.89. The van der Waals surface area contributed by atoms with Gasteiger partial charge >= 0.3 is 0 Å². The molecule has 1 saturated carbocycles. The van der Waals surface area contributed by atoms with Crippen LogP contribution in [0.5, 0.6) is 0 Å². The summed E-state index contributed by atoms with van der Waals surface area (Å²) in [4.78, 5) is 19.4. The predicted octanol–water partition coefficient (Wildman–Crippen LogP) is 3.04. The molecule has 1 aromatic carbocycles. The van der Waals surface area contributed by atoms with Gasteiger partial charge in [0.05, 0.1) is 17.3 Å². The summed E-state index contributed by atoms with van der Waals surface area (Å²) in [6, 6.07) is 10.6. The van der Waals surface area contributed by atoms with E-state index in [0.29, 0.717) is 0 Å². The number of nitrogens with zero attached hydrogens (tertiary/aromatic N) is 2. The lowest BCUT2D eigenvalue weighted by molar-refractivity contribution is -0.130. The lowest BCUT2D eigenvalue weighted by atomic mass is 9.63. The topological polar surface area (TPSA) is 45.2 Å². The van der Waals surface area contributed by atoms with E-state index in [-0.39, 0.29) is 17.8 Å². The molecule has 130 valence electrons. The zero-order chi connectivity index (χ0) is 17.3. The van der Waals surface area contributed by atoms with Crippen LogP contribution in [0, 0.1) is 5.82 Å². The van der Waals surface area contributed by atoms with Crippen LogP contribution in [0.4, 0.5) is 10.1 Å². The molecular weight excluding hydrogens is 317 g/mol. The van der Waals surface area contributed by atoms with Crippen LogP contribution in [0.25, 0.3) is 0 Å². The maximum Gasteiger partial charge on any atom is 0.230 e. The minimum absolute atomic E-state index is 0.0439. The summed E-state index contributed by atoms with van der Waals surface area (Å²) >= 11 is 0. The van der Waals surface area contributed by atoms with E-state index in [2.05, 4.69) is 15.2 Å². The number of halogens is 1. The van der Waals surface area contributed by atoms with E-state index in [0.717, 1.165) is 50.0 Å². The second-order valence-electron chi connectivity index (χ2n) is 7.06. The number of carbonyl (C=O) groups excluding carboxylic acids is 1. The summed E-state index contributed by atoms with van der Waals surface area (Å²) < 4.78 is 13.6. The highest BCUT2D eigenvalue weighted by atomic mass is 19.1. The van der Waals surface area contributed by atoms with E-state index >= 15 is 0 Å². The summed E-state index contributed by atoms with van der Waals surface area (Å²) in [6.45, 7) is 1.69. The van der Waals surface area contributed by atoms with Gasteiger partial charge < -0.3 is 10.2 Å². The number of anilines is 1. The molecule has 0 unspecified atom stereocenters. The average Bonchev–Trinajstić information content (AvgIpc) is 3.03. The van der Waals surface area contributed by atoms with E-state index in [1.54, 1.807) is 12.3 Å². The second kappa shape index (κ2) is 6.47. The predicted molar refractivity (Wildman–Crippen MR) is 94.9 cm³/mol. The van der Waals surface area contributed by atoms with Crippen LogP contribution in [0.1, 0.15) is 31.2 Å². The third-order valence-electron chi connectivity index (χ3n) is 5.55. The molecule has 2 fully saturated rings. The number of pyridine rings is 1. The summed E-state index contributed by atoms with van der Waals surface area (Å²) in [6.07, 6.45) is 7.13. The molecule has 1 atom stereocenters. The Bertz CT molecular complexity index is 761. The standard InChI is InChI=1S/C20H22FN3O/c21-16-5-1-4-15(12-16)20(8-3-9-20)19(25)23-17-7-11-24(14-17)18-6-2-10-22-13-18/h1-2,4-6,10,12-13,17H,3,7-9,11,14H2,(H,23,25)/t17-/m0/s1. The highest BCUT2D eigenvalue weighted by Gasteiger charge is 2.46. The van der Waals surface area contributed by atoms with Crippen LogP contribution in [-0.4, -0.2) is 30.0 Å². The smallest absolute Gasteiger partial charge is 0.230 e. The minimum Gasteiger partial charge on any atom is -0.368 e. The zero-order valence-corrected chi connectivity index (χ0v) is 14.1. The Balaban J connectivity index is 1.45. The first-order chi connectivity index (χ1) is 12.2. The lowest BCUT2D eigenvalue weighted by Gasteiger charge is -2.41. The molecule has 1 N–H and O–H groups in total. The van der Waals surface area contributed by atoms with Crippen molar-refractivity contribution in [3.05, 3.63) is 60.2 Å². The number of benzene rings is 1. The Kier molecular flexibility index (Phi) is 4.15. The molecule has 1 aromatic heterocycles. The molecule has 2 heterocycles. The highest BCUT2D eigenvalue weighted by molar-refractivity contribution is 5.89. The number of amides is 1. The van der Waals surface area contributed by atoms with Gasteiger partial charge in [-0.05, 0) is 49.1 Å². The fraction of sp³-hybridized carbons (Fsp3) is 0.400. The summed E-state index contributed by atoms with van der Waals surface area (Å²) in [5.41, 5.74) is 1.34. The Labute approximate surface area is 147 Å². The molecule has 0 bridgehead atoms. The van der Waals surface area contributed by atoms with E-state index < -0.39 is 5.41 Å². The van der Waals surface area contributed by atoms with E-state index in [9.17, 15) is 9.18 Å². The molecule has 1 aliphatic carbocycles. The largest absolute Gasteiger partial charge is 0.368 e. The molecule has 5 heteroatoms. The maximum atomic E-state index is 13.6. The molecule has 1 amide bonds. The summed E-state index contributed by atoms with van der Waals surface area (Å²) in [5.74, 6) is -0.234. The maximum absolute atomic E-state index is 13.6. The van der Waals surface area contributed by atoms with Crippen molar-refractivity contribution >= 4 is 11.6 Å². The van der Waals surface area contributed by atoms with E-state index in [1.165, 1.54) is 12.1 Å².